The number of amides is 2. The van der Waals surface area contributed by atoms with E-state index in [1.807, 2.05) is 12.1 Å². The number of carbonyl (C=O) groups is 2. The lowest BCUT2D eigenvalue weighted by molar-refractivity contribution is -0.125. The lowest BCUT2D eigenvalue weighted by Gasteiger charge is -2.21. The second-order valence-corrected chi connectivity index (χ2v) is 7.15. The minimum absolute atomic E-state index is 0.0938. The molecule has 0 radical (unpaired) electrons. The molecular formula is C22H28N2O6. The van der Waals surface area contributed by atoms with Crippen LogP contribution in [-0.4, -0.2) is 64.3 Å². The van der Waals surface area contributed by atoms with Gasteiger partial charge in [0.2, 0.25) is 5.91 Å². The van der Waals surface area contributed by atoms with Crippen molar-refractivity contribution in [1.29, 1.82) is 0 Å². The van der Waals surface area contributed by atoms with E-state index in [0.717, 1.165) is 12.0 Å². The summed E-state index contributed by atoms with van der Waals surface area (Å²) in [6.45, 7) is 1.78. The molecule has 2 amide bonds. The second-order valence-electron chi connectivity index (χ2n) is 7.15. The average molecular weight is 416 g/mol. The predicted molar refractivity (Wildman–Crippen MR) is 110 cm³/mol. The zero-order valence-electron chi connectivity index (χ0n) is 17.6. The molecule has 8 nitrogen and oxygen atoms in total. The van der Waals surface area contributed by atoms with Gasteiger partial charge in [0.1, 0.15) is 11.5 Å². The highest BCUT2D eigenvalue weighted by Gasteiger charge is 2.42. The molecule has 0 bridgehead atoms. The molecule has 8 heteroatoms. The summed E-state index contributed by atoms with van der Waals surface area (Å²) in [5.74, 6) is 0.606. The van der Waals surface area contributed by atoms with Gasteiger partial charge < -0.3 is 28.8 Å². The summed E-state index contributed by atoms with van der Waals surface area (Å²) in [4.78, 5) is 27.5. The molecule has 1 aliphatic rings. The predicted octanol–water partition coefficient (Wildman–Crippen LogP) is 2.31. The molecule has 1 N–H and O–H groups in total. The van der Waals surface area contributed by atoms with Crippen molar-refractivity contribution in [3.05, 3.63) is 47.9 Å². The number of methoxy groups -OCH3 is 3. The van der Waals surface area contributed by atoms with Crippen molar-refractivity contribution in [1.82, 2.24) is 10.2 Å². The summed E-state index contributed by atoms with van der Waals surface area (Å²) in [7, 11) is 4.80. The van der Waals surface area contributed by atoms with Crippen molar-refractivity contribution >= 4 is 11.8 Å². The highest BCUT2D eigenvalue weighted by Crippen LogP contribution is 2.39. The van der Waals surface area contributed by atoms with Gasteiger partial charge in [0.15, 0.2) is 5.76 Å². The van der Waals surface area contributed by atoms with Gasteiger partial charge in [0.25, 0.3) is 5.91 Å². The number of likely N-dealkylation sites (tertiary alicyclic amines) is 1. The first-order valence-electron chi connectivity index (χ1n) is 9.90. The molecule has 162 valence electrons. The zero-order chi connectivity index (χ0) is 21.5. The Bertz CT molecular complexity index is 851. The van der Waals surface area contributed by atoms with Gasteiger partial charge in [0.05, 0.1) is 26.4 Å². The lowest BCUT2D eigenvalue weighted by atomic mass is 9.87. The fraction of sp³-hybridized carbons (Fsp3) is 0.455. The number of ether oxygens (including phenoxy) is 3. The largest absolute Gasteiger partial charge is 0.497 e. The van der Waals surface area contributed by atoms with Crippen molar-refractivity contribution in [3.8, 4) is 11.5 Å². The smallest absolute Gasteiger partial charge is 0.289 e. The molecule has 2 aromatic rings. The molecule has 2 atom stereocenters. The molecular weight excluding hydrogens is 388 g/mol. The van der Waals surface area contributed by atoms with E-state index in [2.05, 4.69) is 5.32 Å². The summed E-state index contributed by atoms with van der Waals surface area (Å²) < 4.78 is 21.1. The van der Waals surface area contributed by atoms with Gasteiger partial charge in [-0.05, 0) is 24.6 Å². The Morgan fingerprint density at radius 2 is 2.00 bits per heavy atom. The number of nitrogens with one attached hydrogen (secondary N) is 1. The third kappa shape index (κ3) is 4.76. The molecule has 3 rings (SSSR count). The Morgan fingerprint density at radius 3 is 2.67 bits per heavy atom. The Hall–Kier alpha value is -3.00. The first-order chi connectivity index (χ1) is 14.6. The summed E-state index contributed by atoms with van der Waals surface area (Å²) in [5, 5.41) is 2.97. The number of benzene rings is 1. The normalized spacial score (nSPS) is 18.3. The number of furan rings is 1. The summed E-state index contributed by atoms with van der Waals surface area (Å²) >= 11 is 0. The SMILES string of the molecule is COCCCNC(=O)[C@@H]1CN(C(=O)c2ccco2)C[C@H]1c1ccc(OC)cc1OC. The van der Waals surface area contributed by atoms with E-state index in [-0.39, 0.29) is 23.5 Å². The van der Waals surface area contributed by atoms with Crippen molar-refractivity contribution in [3.63, 3.8) is 0 Å². The van der Waals surface area contributed by atoms with Crippen LogP contribution in [0.3, 0.4) is 0 Å². The molecule has 1 aromatic heterocycles. The van der Waals surface area contributed by atoms with Crippen LogP contribution in [0.15, 0.2) is 41.0 Å². The average Bonchev–Trinajstić information content (AvgIpc) is 3.46. The number of hydrogen-bond donors (Lipinski definition) is 1. The van der Waals surface area contributed by atoms with Gasteiger partial charge in [0, 0.05) is 50.9 Å². The third-order valence-corrected chi connectivity index (χ3v) is 5.34. The van der Waals surface area contributed by atoms with Gasteiger partial charge in [-0.3, -0.25) is 9.59 Å². The van der Waals surface area contributed by atoms with Crippen LogP contribution < -0.4 is 14.8 Å². The topological polar surface area (TPSA) is 90.2 Å². The molecule has 1 fully saturated rings. The van der Waals surface area contributed by atoms with Crippen molar-refractivity contribution in [2.45, 2.75) is 12.3 Å². The third-order valence-electron chi connectivity index (χ3n) is 5.34. The Morgan fingerprint density at radius 1 is 1.17 bits per heavy atom. The molecule has 0 unspecified atom stereocenters. The standard InChI is InChI=1S/C22H28N2O6/c1-27-10-5-9-23-21(25)18-14-24(22(26)19-6-4-11-30-19)13-17(18)16-8-7-15(28-2)12-20(16)29-3/h4,6-8,11-12,17-18H,5,9-10,13-14H2,1-3H3,(H,23,25)/t17-,18+/m0/s1. The highest BCUT2D eigenvalue weighted by molar-refractivity contribution is 5.92. The van der Waals surface area contributed by atoms with Crippen LogP contribution in [0, 0.1) is 5.92 Å². The minimum atomic E-state index is -0.409. The number of carbonyl (C=O) groups excluding carboxylic acids is 2. The number of hydrogen-bond acceptors (Lipinski definition) is 6. The van der Waals surface area contributed by atoms with Crippen LogP contribution in [-0.2, 0) is 9.53 Å². The van der Waals surface area contributed by atoms with Gasteiger partial charge in [-0.15, -0.1) is 0 Å². The summed E-state index contributed by atoms with van der Waals surface area (Å²) in [6, 6.07) is 8.83. The molecule has 1 saturated heterocycles. The van der Waals surface area contributed by atoms with Gasteiger partial charge in [-0.2, -0.15) is 0 Å². The van der Waals surface area contributed by atoms with Crippen LogP contribution in [0.5, 0.6) is 11.5 Å². The molecule has 2 heterocycles. The Balaban J connectivity index is 1.85. The van der Waals surface area contributed by atoms with Crippen molar-refractivity contribution in [2.24, 2.45) is 5.92 Å². The van der Waals surface area contributed by atoms with Crippen LogP contribution in [0.4, 0.5) is 0 Å². The van der Waals surface area contributed by atoms with E-state index >= 15 is 0 Å². The van der Waals surface area contributed by atoms with Crippen LogP contribution in [0.1, 0.15) is 28.5 Å². The molecule has 1 aliphatic heterocycles. The zero-order valence-corrected chi connectivity index (χ0v) is 17.6. The van der Waals surface area contributed by atoms with E-state index in [1.165, 1.54) is 6.26 Å². The van der Waals surface area contributed by atoms with E-state index in [9.17, 15) is 9.59 Å². The number of rotatable bonds is 9. The molecule has 30 heavy (non-hydrogen) atoms. The maximum absolute atomic E-state index is 13.0. The maximum atomic E-state index is 13.0. The monoisotopic (exact) mass is 416 g/mol. The van der Waals surface area contributed by atoms with Crippen LogP contribution >= 0.6 is 0 Å². The Kier molecular flexibility index (Phi) is 7.35. The lowest BCUT2D eigenvalue weighted by Crippen LogP contribution is -2.36. The van der Waals surface area contributed by atoms with E-state index in [1.54, 1.807) is 44.4 Å². The van der Waals surface area contributed by atoms with Gasteiger partial charge >= 0.3 is 0 Å². The molecule has 0 aliphatic carbocycles. The summed E-state index contributed by atoms with van der Waals surface area (Å²) in [5.41, 5.74) is 0.866. The van der Waals surface area contributed by atoms with Gasteiger partial charge in [-0.25, -0.2) is 0 Å². The maximum Gasteiger partial charge on any atom is 0.289 e. The Labute approximate surface area is 176 Å². The van der Waals surface area contributed by atoms with E-state index in [0.29, 0.717) is 37.7 Å². The van der Waals surface area contributed by atoms with Crippen LogP contribution in [0.25, 0.3) is 0 Å². The second kappa shape index (κ2) is 10.2. The minimum Gasteiger partial charge on any atom is -0.497 e. The van der Waals surface area contributed by atoms with Crippen LogP contribution in [0.2, 0.25) is 0 Å². The molecule has 0 saturated carbocycles. The van der Waals surface area contributed by atoms with Crippen molar-refractivity contribution < 1.29 is 28.2 Å². The molecule has 0 spiro atoms. The fourth-order valence-corrected chi connectivity index (χ4v) is 3.79. The summed E-state index contributed by atoms with van der Waals surface area (Å²) in [6.07, 6.45) is 2.19. The van der Waals surface area contributed by atoms with E-state index in [4.69, 9.17) is 18.6 Å². The fourth-order valence-electron chi connectivity index (χ4n) is 3.79. The first kappa shape index (κ1) is 21.7. The van der Waals surface area contributed by atoms with Gasteiger partial charge in [-0.1, -0.05) is 6.07 Å². The van der Waals surface area contributed by atoms with E-state index < -0.39 is 5.92 Å². The quantitative estimate of drug-likeness (QED) is 0.631. The molecule has 1 aromatic carbocycles. The highest BCUT2D eigenvalue weighted by atomic mass is 16.5. The first-order valence-corrected chi connectivity index (χ1v) is 9.90. The van der Waals surface area contributed by atoms with Crippen molar-refractivity contribution in [2.75, 3.05) is 47.6 Å². The number of nitrogens with zero attached hydrogens (tertiary/aromatic N) is 1.